The Bertz CT molecular complexity index is 1050. The molecule has 58 heavy (non-hydrogen) atoms. The van der Waals surface area contributed by atoms with Crippen molar-refractivity contribution in [1.82, 2.24) is 0 Å². The smallest absolute Gasteiger partial charge is 0.306 e. The van der Waals surface area contributed by atoms with E-state index in [9.17, 15) is 14.7 Å². The van der Waals surface area contributed by atoms with Crippen LogP contribution in [0, 0.1) is 0 Å². The lowest BCUT2D eigenvalue weighted by atomic mass is 10.1. The minimum Gasteiger partial charge on any atom is -0.462 e. The lowest BCUT2D eigenvalue weighted by Crippen LogP contribution is -2.28. The predicted molar refractivity (Wildman–Crippen MR) is 251 cm³/mol. The first-order valence-electron chi connectivity index (χ1n) is 24.5. The number of aliphatic hydroxyl groups is 1. The highest BCUT2D eigenvalue weighted by Crippen LogP contribution is 2.13. The number of ether oxygens (including phenoxy) is 2. The molecule has 0 saturated carbocycles. The molecule has 5 heteroatoms. The van der Waals surface area contributed by atoms with Gasteiger partial charge in [0.15, 0.2) is 6.10 Å². The molecule has 0 radical (unpaired) electrons. The highest BCUT2D eigenvalue weighted by atomic mass is 16.6. The van der Waals surface area contributed by atoms with Gasteiger partial charge >= 0.3 is 11.9 Å². The monoisotopic (exact) mass is 809 g/mol. The molecule has 0 heterocycles. The summed E-state index contributed by atoms with van der Waals surface area (Å²) in [6.45, 7) is 4.11. The molecule has 1 atom stereocenters. The average Bonchev–Trinajstić information content (AvgIpc) is 3.23. The molecule has 0 fully saturated rings. The number of hydrogen-bond acceptors (Lipinski definition) is 5. The quantitative estimate of drug-likeness (QED) is 0.0377. The molecule has 1 unspecified atom stereocenters. The van der Waals surface area contributed by atoms with Crippen molar-refractivity contribution in [1.29, 1.82) is 0 Å². The number of aliphatic hydroxyl groups excluding tert-OH is 1. The SMILES string of the molecule is CCCCCCC/C=C\C/C=C\C/C=C\CCCCCCCCCCC(=O)OC(CO)COC(=O)CCCCCCCC/C=C\C/C=C\C/C=C\CCCCCCC. The summed E-state index contributed by atoms with van der Waals surface area (Å²) in [6, 6.07) is 0. The zero-order valence-electron chi connectivity index (χ0n) is 38.0. The van der Waals surface area contributed by atoms with Crippen LogP contribution in [0.2, 0.25) is 0 Å². The van der Waals surface area contributed by atoms with Crippen LogP contribution >= 0.6 is 0 Å². The Morgan fingerprint density at radius 1 is 0.397 bits per heavy atom. The molecule has 0 spiro atoms. The van der Waals surface area contributed by atoms with Gasteiger partial charge in [0.05, 0.1) is 6.61 Å². The largest absolute Gasteiger partial charge is 0.462 e. The fraction of sp³-hybridized carbons (Fsp3) is 0.736. The Morgan fingerprint density at radius 2 is 0.690 bits per heavy atom. The van der Waals surface area contributed by atoms with Crippen molar-refractivity contribution < 1.29 is 24.2 Å². The number of unbranched alkanes of at least 4 members (excludes halogenated alkanes) is 24. The van der Waals surface area contributed by atoms with Crippen LogP contribution in [0.3, 0.4) is 0 Å². The summed E-state index contributed by atoms with van der Waals surface area (Å²) >= 11 is 0. The standard InChI is InChI=1S/C53H92O5/c1-3-5-7-9-11-13-15-17-19-21-23-25-26-28-30-32-34-36-38-40-42-44-46-48-53(56)58-51(49-54)50-57-52(55)47-45-43-41-39-37-35-33-31-29-27-24-22-20-18-16-14-12-10-8-6-4-2/h15-18,21-24,26,28-29,31,51,54H,3-14,19-20,25,27,30,32-50H2,1-2H3/b17-15-,18-16-,23-21-,24-22-,28-26-,31-29-. The predicted octanol–water partition coefficient (Wildman–Crippen LogP) is 16.1. The maximum atomic E-state index is 12.3. The van der Waals surface area contributed by atoms with E-state index in [0.29, 0.717) is 12.8 Å². The van der Waals surface area contributed by atoms with Crippen LogP contribution in [0.25, 0.3) is 0 Å². The first-order chi connectivity index (χ1) is 28.6. The minimum atomic E-state index is -0.785. The Balaban J connectivity index is 3.58. The van der Waals surface area contributed by atoms with E-state index in [0.717, 1.165) is 77.0 Å². The van der Waals surface area contributed by atoms with Gasteiger partial charge in [0.1, 0.15) is 6.61 Å². The fourth-order valence-electron chi connectivity index (χ4n) is 6.74. The van der Waals surface area contributed by atoms with Gasteiger partial charge in [0.2, 0.25) is 0 Å². The Kier molecular flexibility index (Phi) is 46.5. The molecule has 0 aliphatic rings. The number of hydrogen-bond donors (Lipinski definition) is 1. The Morgan fingerprint density at radius 3 is 1.03 bits per heavy atom. The van der Waals surface area contributed by atoms with Crippen molar-refractivity contribution in [3.8, 4) is 0 Å². The van der Waals surface area contributed by atoms with Gasteiger partial charge in [-0.15, -0.1) is 0 Å². The second kappa shape index (κ2) is 48.7. The van der Waals surface area contributed by atoms with Crippen LogP contribution in [0.1, 0.15) is 232 Å². The van der Waals surface area contributed by atoms with Crippen LogP contribution < -0.4 is 0 Å². The first kappa shape index (κ1) is 55.3. The molecule has 0 bridgehead atoms. The van der Waals surface area contributed by atoms with Gasteiger partial charge in [-0.05, 0) is 89.9 Å². The van der Waals surface area contributed by atoms with Crippen molar-refractivity contribution in [2.45, 2.75) is 238 Å². The van der Waals surface area contributed by atoms with E-state index in [2.05, 4.69) is 86.8 Å². The molecule has 0 aliphatic heterocycles. The third-order valence-corrected chi connectivity index (χ3v) is 10.5. The van der Waals surface area contributed by atoms with Crippen molar-refractivity contribution in [3.05, 3.63) is 72.9 Å². The summed E-state index contributed by atoms with van der Waals surface area (Å²) < 4.78 is 10.7. The summed E-state index contributed by atoms with van der Waals surface area (Å²) in [5.74, 6) is -0.613. The van der Waals surface area contributed by atoms with Crippen LogP contribution in [-0.2, 0) is 19.1 Å². The molecule has 0 aromatic carbocycles. The Hall–Kier alpha value is -2.66. The van der Waals surface area contributed by atoms with Crippen LogP contribution in [0.15, 0.2) is 72.9 Å². The molecule has 0 aliphatic carbocycles. The van der Waals surface area contributed by atoms with Crippen LogP contribution in [0.5, 0.6) is 0 Å². The maximum absolute atomic E-state index is 12.3. The lowest BCUT2D eigenvalue weighted by Gasteiger charge is -2.15. The normalized spacial score (nSPS) is 12.8. The molecular formula is C53H92O5. The number of rotatable bonds is 44. The molecule has 0 rings (SSSR count). The van der Waals surface area contributed by atoms with Gasteiger partial charge < -0.3 is 14.6 Å². The van der Waals surface area contributed by atoms with Gasteiger partial charge in [-0.2, -0.15) is 0 Å². The van der Waals surface area contributed by atoms with E-state index in [1.807, 2.05) is 0 Å². The number of allylic oxidation sites excluding steroid dienone is 12. The minimum absolute atomic E-state index is 0.0786. The van der Waals surface area contributed by atoms with Gasteiger partial charge in [-0.1, -0.05) is 202 Å². The molecule has 0 saturated heterocycles. The summed E-state index contributed by atoms with van der Waals surface area (Å²) in [5, 5.41) is 9.61. The topological polar surface area (TPSA) is 72.8 Å². The fourth-order valence-corrected chi connectivity index (χ4v) is 6.74. The number of carbonyl (C=O) groups excluding carboxylic acids is 2. The maximum Gasteiger partial charge on any atom is 0.306 e. The van der Waals surface area contributed by atoms with Gasteiger partial charge in [0.25, 0.3) is 0 Å². The third-order valence-electron chi connectivity index (χ3n) is 10.5. The molecule has 1 N–H and O–H groups in total. The third kappa shape index (κ3) is 46.0. The van der Waals surface area contributed by atoms with Gasteiger partial charge in [-0.25, -0.2) is 0 Å². The van der Waals surface area contributed by atoms with E-state index in [-0.39, 0.29) is 25.2 Å². The summed E-state index contributed by atoms with van der Waals surface area (Å²) in [5.41, 5.74) is 0. The zero-order valence-corrected chi connectivity index (χ0v) is 38.0. The summed E-state index contributed by atoms with van der Waals surface area (Å²) in [7, 11) is 0. The highest BCUT2D eigenvalue weighted by molar-refractivity contribution is 5.70. The van der Waals surface area contributed by atoms with E-state index < -0.39 is 6.10 Å². The lowest BCUT2D eigenvalue weighted by molar-refractivity contribution is -0.161. The van der Waals surface area contributed by atoms with E-state index in [1.54, 1.807) is 0 Å². The molecule has 0 aromatic heterocycles. The van der Waals surface area contributed by atoms with Crippen LogP contribution in [-0.4, -0.2) is 36.4 Å². The zero-order chi connectivity index (χ0) is 42.1. The van der Waals surface area contributed by atoms with Gasteiger partial charge in [-0.3, -0.25) is 9.59 Å². The molecule has 0 amide bonds. The summed E-state index contributed by atoms with van der Waals surface area (Å²) in [4.78, 5) is 24.4. The van der Waals surface area contributed by atoms with Crippen molar-refractivity contribution >= 4 is 11.9 Å². The Labute approximate surface area is 359 Å². The average molecular weight is 809 g/mol. The van der Waals surface area contributed by atoms with E-state index in [4.69, 9.17) is 9.47 Å². The number of esters is 2. The first-order valence-corrected chi connectivity index (χ1v) is 24.5. The van der Waals surface area contributed by atoms with Crippen molar-refractivity contribution in [2.24, 2.45) is 0 Å². The second-order valence-corrected chi connectivity index (χ2v) is 16.2. The van der Waals surface area contributed by atoms with Crippen molar-refractivity contribution in [2.75, 3.05) is 13.2 Å². The number of carbonyl (C=O) groups is 2. The van der Waals surface area contributed by atoms with E-state index >= 15 is 0 Å². The van der Waals surface area contributed by atoms with E-state index in [1.165, 1.54) is 128 Å². The molecule has 0 aromatic rings. The molecule has 334 valence electrons. The molecule has 5 nitrogen and oxygen atoms in total. The highest BCUT2D eigenvalue weighted by Gasteiger charge is 2.16. The van der Waals surface area contributed by atoms with Gasteiger partial charge in [0, 0.05) is 12.8 Å². The van der Waals surface area contributed by atoms with Crippen LogP contribution in [0.4, 0.5) is 0 Å². The second-order valence-electron chi connectivity index (χ2n) is 16.2. The van der Waals surface area contributed by atoms with Crippen molar-refractivity contribution in [3.63, 3.8) is 0 Å². The molecular weight excluding hydrogens is 717 g/mol. The summed E-state index contributed by atoms with van der Waals surface area (Å²) in [6.07, 6.45) is 65.5.